The molecule has 0 heterocycles. The molecule has 0 aromatic heterocycles. The Labute approximate surface area is 136 Å². The molecule has 1 aromatic carbocycles. The highest BCUT2D eigenvalue weighted by Gasteiger charge is 2.21. The molecule has 3 heteroatoms. The first-order chi connectivity index (χ1) is 10.0. The zero-order valence-electron chi connectivity index (χ0n) is 15.1. The highest BCUT2D eigenvalue weighted by atomic mass is 31.1. The van der Waals surface area contributed by atoms with Crippen molar-refractivity contribution in [2.45, 2.75) is 61.3 Å². The summed E-state index contributed by atoms with van der Waals surface area (Å²) in [6.07, 6.45) is 2.44. The van der Waals surface area contributed by atoms with E-state index in [-0.39, 0.29) is 10.9 Å². The molecule has 0 fully saturated rings. The molecule has 2 unspecified atom stereocenters. The van der Waals surface area contributed by atoms with Crippen LogP contribution in [0.3, 0.4) is 0 Å². The summed E-state index contributed by atoms with van der Waals surface area (Å²) in [7, 11) is -1.82. The van der Waals surface area contributed by atoms with Crippen LogP contribution in [-0.4, -0.2) is 11.7 Å². The maximum Gasteiger partial charge on any atom is 0.242 e. The van der Waals surface area contributed by atoms with E-state index in [1.165, 1.54) is 0 Å². The van der Waals surface area contributed by atoms with E-state index in [1.807, 2.05) is 32.9 Å². The highest BCUT2D eigenvalue weighted by Crippen LogP contribution is 2.34. The standard InChI is InChI=1S/C19H30O2P/c1-13(12-19(5,6)7)8-9-22(21)18(20)17-15(3)10-14(2)11-16(17)4/h10-11,13H,8-9,12H2,1-7H3. The number of carbonyl (C=O) groups is 1. The van der Waals surface area contributed by atoms with Crippen LogP contribution in [0, 0.1) is 32.1 Å². The van der Waals surface area contributed by atoms with Crippen molar-refractivity contribution in [2.24, 2.45) is 11.3 Å². The van der Waals surface area contributed by atoms with Crippen molar-refractivity contribution in [1.29, 1.82) is 0 Å². The van der Waals surface area contributed by atoms with Gasteiger partial charge >= 0.3 is 0 Å². The molecule has 1 aromatic rings. The molecule has 1 radical (unpaired) electrons. The van der Waals surface area contributed by atoms with Crippen LogP contribution < -0.4 is 0 Å². The van der Waals surface area contributed by atoms with E-state index in [4.69, 9.17) is 0 Å². The molecule has 2 atom stereocenters. The van der Waals surface area contributed by atoms with Gasteiger partial charge in [0.05, 0.1) is 0 Å². The molecular weight excluding hydrogens is 291 g/mol. The van der Waals surface area contributed by atoms with Gasteiger partial charge in [0.15, 0.2) is 0 Å². The monoisotopic (exact) mass is 321 g/mol. The summed E-state index contributed by atoms with van der Waals surface area (Å²) in [5.74, 6) is 0.493. The Bertz CT molecular complexity index is 544. The topological polar surface area (TPSA) is 34.1 Å². The lowest BCUT2D eigenvalue weighted by atomic mass is 9.84. The lowest BCUT2D eigenvalue weighted by Gasteiger charge is -2.22. The first-order valence-corrected chi connectivity index (χ1v) is 9.52. The Morgan fingerprint density at radius 2 is 1.64 bits per heavy atom. The summed E-state index contributed by atoms with van der Waals surface area (Å²) in [6.45, 7) is 14.7. The molecule has 22 heavy (non-hydrogen) atoms. The molecule has 0 aliphatic carbocycles. The Morgan fingerprint density at radius 3 is 2.09 bits per heavy atom. The Balaban J connectivity index is 2.73. The van der Waals surface area contributed by atoms with Crippen molar-refractivity contribution in [3.8, 4) is 0 Å². The van der Waals surface area contributed by atoms with E-state index in [0.29, 0.717) is 17.6 Å². The fourth-order valence-corrected chi connectivity index (χ4v) is 4.71. The second-order valence-corrected chi connectivity index (χ2v) is 9.45. The highest BCUT2D eigenvalue weighted by molar-refractivity contribution is 7.64. The van der Waals surface area contributed by atoms with Crippen LogP contribution in [0.15, 0.2) is 12.1 Å². The van der Waals surface area contributed by atoms with E-state index in [0.717, 1.165) is 29.5 Å². The summed E-state index contributed by atoms with van der Waals surface area (Å²) in [6, 6.07) is 3.98. The van der Waals surface area contributed by atoms with Crippen LogP contribution in [-0.2, 0) is 4.57 Å². The molecule has 0 spiro atoms. The lowest BCUT2D eigenvalue weighted by Crippen LogP contribution is -2.12. The molecule has 0 saturated carbocycles. The predicted molar refractivity (Wildman–Crippen MR) is 95.3 cm³/mol. The molecule has 0 bridgehead atoms. The Kier molecular flexibility index (Phi) is 6.50. The summed E-state index contributed by atoms with van der Waals surface area (Å²) >= 11 is 0. The maximum absolute atomic E-state index is 12.5. The molecule has 0 aliphatic rings. The third-order valence-corrected chi connectivity index (χ3v) is 5.24. The molecule has 0 amide bonds. The van der Waals surface area contributed by atoms with Gasteiger partial charge < -0.3 is 0 Å². The number of hydrogen-bond acceptors (Lipinski definition) is 2. The first-order valence-electron chi connectivity index (χ1n) is 8.08. The number of carbonyl (C=O) groups excluding carboxylic acids is 1. The van der Waals surface area contributed by atoms with Gasteiger partial charge in [0.2, 0.25) is 5.52 Å². The Morgan fingerprint density at radius 1 is 1.14 bits per heavy atom. The maximum atomic E-state index is 12.5. The molecule has 2 nitrogen and oxygen atoms in total. The van der Waals surface area contributed by atoms with Crippen LogP contribution in [0.5, 0.6) is 0 Å². The smallest absolute Gasteiger partial charge is 0.242 e. The second-order valence-electron chi connectivity index (χ2n) is 7.84. The number of benzene rings is 1. The van der Waals surface area contributed by atoms with E-state index < -0.39 is 7.80 Å². The third-order valence-electron chi connectivity index (χ3n) is 3.90. The van der Waals surface area contributed by atoms with Gasteiger partial charge in [-0.15, -0.1) is 0 Å². The van der Waals surface area contributed by atoms with Crippen molar-refractivity contribution in [1.82, 2.24) is 0 Å². The van der Waals surface area contributed by atoms with Gasteiger partial charge in [0.1, 0.15) is 7.80 Å². The average Bonchev–Trinajstić information content (AvgIpc) is 2.32. The fraction of sp³-hybridized carbons (Fsp3) is 0.632. The molecular formula is C19H30O2P. The van der Waals surface area contributed by atoms with Gasteiger partial charge in [-0.3, -0.25) is 9.36 Å². The minimum Gasteiger partial charge on any atom is -0.281 e. The molecule has 0 saturated heterocycles. The summed E-state index contributed by atoms with van der Waals surface area (Å²) in [5.41, 5.74) is 3.78. The number of hydrogen-bond donors (Lipinski definition) is 0. The van der Waals surface area contributed by atoms with Crippen molar-refractivity contribution >= 4 is 13.3 Å². The fourth-order valence-electron chi connectivity index (χ4n) is 3.23. The number of rotatable bonds is 6. The van der Waals surface area contributed by atoms with Gasteiger partial charge in [-0.25, -0.2) is 0 Å². The van der Waals surface area contributed by atoms with E-state index in [2.05, 4.69) is 27.7 Å². The zero-order chi connectivity index (χ0) is 17.1. The van der Waals surface area contributed by atoms with Crippen molar-refractivity contribution in [2.75, 3.05) is 6.16 Å². The van der Waals surface area contributed by atoms with Crippen molar-refractivity contribution in [3.05, 3.63) is 34.4 Å². The minimum absolute atomic E-state index is 0.173. The van der Waals surface area contributed by atoms with Crippen molar-refractivity contribution < 1.29 is 9.36 Å². The summed E-state index contributed by atoms with van der Waals surface area (Å²) < 4.78 is 12.4. The third kappa shape index (κ3) is 5.65. The lowest BCUT2D eigenvalue weighted by molar-refractivity contribution is 0.107. The summed E-state index contributed by atoms with van der Waals surface area (Å²) in [4.78, 5) is 12.5. The van der Waals surface area contributed by atoms with E-state index >= 15 is 0 Å². The largest absolute Gasteiger partial charge is 0.281 e. The number of aryl methyl sites for hydroxylation is 3. The van der Waals surface area contributed by atoms with Crippen molar-refractivity contribution in [3.63, 3.8) is 0 Å². The van der Waals surface area contributed by atoms with Crippen LogP contribution in [0.25, 0.3) is 0 Å². The first kappa shape index (κ1) is 19.0. The average molecular weight is 321 g/mol. The minimum atomic E-state index is -1.82. The SMILES string of the molecule is Cc1cc(C)c(C(=O)[P](=O)CCC(C)CC(C)(C)C)c(C)c1. The molecule has 1 rings (SSSR count). The van der Waals surface area contributed by atoms with Crippen LogP contribution in [0.4, 0.5) is 0 Å². The van der Waals surface area contributed by atoms with Crippen LogP contribution in [0.1, 0.15) is 67.6 Å². The van der Waals surface area contributed by atoms with Gasteiger partial charge in [-0.05, 0) is 56.1 Å². The normalized spacial score (nSPS) is 13.9. The second kappa shape index (κ2) is 7.51. The Hall–Kier alpha value is -1.01. The van der Waals surface area contributed by atoms with Gasteiger partial charge in [0, 0.05) is 11.7 Å². The molecule has 0 N–H and O–H groups in total. The predicted octanol–water partition coefficient (Wildman–Crippen LogP) is 6.04. The van der Waals surface area contributed by atoms with Crippen LogP contribution >= 0.6 is 7.80 Å². The molecule has 0 aliphatic heterocycles. The van der Waals surface area contributed by atoms with Gasteiger partial charge in [-0.2, -0.15) is 0 Å². The quantitative estimate of drug-likeness (QED) is 0.598. The van der Waals surface area contributed by atoms with E-state index in [1.54, 1.807) is 0 Å². The zero-order valence-corrected chi connectivity index (χ0v) is 16.0. The van der Waals surface area contributed by atoms with Gasteiger partial charge in [-0.1, -0.05) is 45.4 Å². The van der Waals surface area contributed by atoms with Gasteiger partial charge in [0.25, 0.3) is 0 Å². The van der Waals surface area contributed by atoms with E-state index in [9.17, 15) is 9.36 Å². The van der Waals surface area contributed by atoms with Crippen LogP contribution in [0.2, 0.25) is 0 Å². The summed E-state index contributed by atoms with van der Waals surface area (Å²) in [5, 5.41) is 0. The molecule has 123 valence electrons.